The molecule has 1 aromatic heterocycles. The standard InChI is InChI=1S/C15H25N5O/c1-2-17-13(15(16)21)6-8-19-9-11-20(12-10-19)14-5-3-4-7-18-14/h3-5,7,13,17H,2,6,8-12H2,1H3,(H2,16,21). The van der Waals surface area contributed by atoms with Crippen LogP contribution in [0.25, 0.3) is 0 Å². The zero-order valence-corrected chi connectivity index (χ0v) is 12.7. The number of piperazine rings is 1. The highest BCUT2D eigenvalue weighted by Gasteiger charge is 2.20. The molecule has 2 rings (SSSR count). The Morgan fingerprint density at radius 2 is 2.14 bits per heavy atom. The van der Waals surface area contributed by atoms with E-state index >= 15 is 0 Å². The molecular weight excluding hydrogens is 266 g/mol. The van der Waals surface area contributed by atoms with Crippen LogP contribution in [-0.2, 0) is 4.79 Å². The third-order valence-corrected chi connectivity index (χ3v) is 3.87. The number of nitrogens with two attached hydrogens (primary N) is 1. The Balaban J connectivity index is 1.75. The molecule has 0 radical (unpaired) electrons. The van der Waals surface area contributed by atoms with Crippen molar-refractivity contribution in [2.45, 2.75) is 19.4 Å². The molecule has 1 aromatic rings. The SMILES string of the molecule is CCNC(CCN1CCN(c2ccccn2)CC1)C(N)=O. The van der Waals surface area contributed by atoms with Gasteiger partial charge in [-0.3, -0.25) is 9.69 Å². The fourth-order valence-electron chi connectivity index (χ4n) is 2.64. The Morgan fingerprint density at radius 3 is 2.71 bits per heavy atom. The number of carbonyl (C=O) groups excluding carboxylic acids is 1. The molecule has 1 aliphatic heterocycles. The lowest BCUT2D eigenvalue weighted by molar-refractivity contribution is -0.120. The number of aromatic nitrogens is 1. The van der Waals surface area contributed by atoms with Crippen molar-refractivity contribution in [3.63, 3.8) is 0 Å². The monoisotopic (exact) mass is 291 g/mol. The zero-order valence-electron chi connectivity index (χ0n) is 12.7. The van der Waals surface area contributed by atoms with E-state index in [0.29, 0.717) is 0 Å². The Hall–Kier alpha value is -1.66. The summed E-state index contributed by atoms with van der Waals surface area (Å²) in [5.74, 6) is 0.781. The van der Waals surface area contributed by atoms with Crippen LogP contribution < -0.4 is 16.0 Å². The first-order chi connectivity index (χ1) is 10.2. The maximum atomic E-state index is 11.3. The van der Waals surface area contributed by atoms with E-state index in [0.717, 1.165) is 51.5 Å². The predicted molar refractivity (Wildman–Crippen MR) is 84.2 cm³/mol. The summed E-state index contributed by atoms with van der Waals surface area (Å²) in [5.41, 5.74) is 5.40. The van der Waals surface area contributed by atoms with Gasteiger partial charge in [0.05, 0.1) is 6.04 Å². The molecule has 0 aromatic carbocycles. The van der Waals surface area contributed by atoms with E-state index in [1.54, 1.807) is 0 Å². The van der Waals surface area contributed by atoms with Crippen LogP contribution >= 0.6 is 0 Å². The van der Waals surface area contributed by atoms with Gasteiger partial charge in [0.15, 0.2) is 0 Å². The fourth-order valence-corrected chi connectivity index (χ4v) is 2.64. The van der Waals surface area contributed by atoms with Crippen LogP contribution in [0.3, 0.4) is 0 Å². The van der Waals surface area contributed by atoms with Crippen molar-refractivity contribution in [2.75, 3.05) is 44.2 Å². The Bertz CT molecular complexity index is 431. The first-order valence-electron chi connectivity index (χ1n) is 7.61. The second kappa shape index (κ2) is 7.95. The number of hydrogen-bond donors (Lipinski definition) is 2. The molecule has 0 bridgehead atoms. The van der Waals surface area contributed by atoms with Gasteiger partial charge in [-0.05, 0) is 25.1 Å². The molecule has 1 saturated heterocycles. The highest BCUT2D eigenvalue weighted by molar-refractivity contribution is 5.79. The van der Waals surface area contributed by atoms with Crippen molar-refractivity contribution in [1.82, 2.24) is 15.2 Å². The molecule has 0 spiro atoms. The lowest BCUT2D eigenvalue weighted by atomic mass is 10.1. The third-order valence-electron chi connectivity index (χ3n) is 3.87. The van der Waals surface area contributed by atoms with E-state index < -0.39 is 0 Å². The number of amides is 1. The maximum absolute atomic E-state index is 11.3. The summed E-state index contributed by atoms with van der Waals surface area (Å²) in [5, 5.41) is 3.13. The Kier molecular flexibility index (Phi) is 5.95. The van der Waals surface area contributed by atoms with E-state index in [2.05, 4.69) is 20.1 Å². The van der Waals surface area contributed by atoms with Crippen LogP contribution in [0, 0.1) is 0 Å². The minimum atomic E-state index is -0.260. The third kappa shape index (κ3) is 4.68. The van der Waals surface area contributed by atoms with Gasteiger partial charge >= 0.3 is 0 Å². The normalized spacial score (nSPS) is 17.7. The molecule has 116 valence electrons. The highest BCUT2D eigenvalue weighted by Crippen LogP contribution is 2.12. The van der Waals surface area contributed by atoms with Gasteiger partial charge in [0.25, 0.3) is 0 Å². The molecular formula is C15H25N5O. The number of rotatable bonds is 7. The molecule has 0 saturated carbocycles. The number of nitrogens with zero attached hydrogens (tertiary/aromatic N) is 3. The lowest BCUT2D eigenvalue weighted by Crippen LogP contribution is -2.49. The number of anilines is 1. The summed E-state index contributed by atoms with van der Waals surface area (Å²) >= 11 is 0. The number of hydrogen-bond acceptors (Lipinski definition) is 5. The molecule has 0 aliphatic carbocycles. The van der Waals surface area contributed by atoms with Crippen molar-refractivity contribution >= 4 is 11.7 Å². The quantitative estimate of drug-likeness (QED) is 0.743. The predicted octanol–water partition coefficient (Wildman–Crippen LogP) is 0.0571. The van der Waals surface area contributed by atoms with Crippen LogP contribution in [0.5, 0.6) is 0 Å². The van der Waals surface area contributed by atoms with Crippen molar-refractivity contribution in [1.29, 1.82) is 0 Å². The van der Waals surface area contributed by atoms with E-state index in [1.807, 2.05) is 31.3 Å². The van der Waals surface area contributed by atoms with Gasteiger partial charge in [-0.2, -0.15) is 0 Å². The molecule has 6 heteroatoms. The van der Waals surface area contributed by atoms with Gasteiger partial charge in [-0.15, -0.1) is 0 Å². The molecule has 1 atom stereocenters. The van der Waals surface area contributed by atoms with Crippen molar-refractivity contribution in [3.8, 4) is 0 Å². The fraction of sp³-hybridized carbons (Fsp3) is 0.600. The molecule has 21 heavy (non-hydrogen) atoms. The van der Waals surface area contributed by atoms with Gasteiger partial charge in [0.2, 0.25) is 5.91 Å². The number of likely N-dealkylation sites (N-methyl/N-ethyl adjacent to an activating group) is 1. The van der Waals surface area contributed by atoms with Gasteiger partial charge in [0.1, 0.15) is 5.82 Å². The topological polar surface area (TPSA) is 74.5 Å². The van der Waals surface area contributed by atoms with E-state index in [-0.39, 0.29) is 11.9 Å². The number of primary amides is 1. The maximum Gasteiger partial charge on any atom is 0.234 e. The summed E-state index contributed by atoms with van der Waals surface area (Å²) in [6, 6.07) is 5.78. The van der Waals surface area contributed by atoms with Crippen LogP contribution in [0.2, 0.25) is 0 Å². The van der Waals surface area contributed by atoms with Crippen molar-refractivity contribution < 1.29 is 4.79 Å². The summed E-state index contributed by atoms with van der Waals surface area (Å²) in [6.45, 7) is 7.58. The minimum absolute atomic E-state index is 0.219. The molecule has 1 unspecified atom stereocenters. The average Bonchev–Trinajstić information content (AvgIpc) is 2.52. The molecule has 6 nitrogen and oxygen atoms in total. The van der Waals surface area contributed by atoms with E-state index in [1.165, 1.54) is 0 Å². The van der Waals surface area contributed by atoms with Crippen molar-refractivity contribution in [3.05, 3.63) is 24.4 Å². The van der Waals surface area contributed by atoms with Crippen LogP contribution in [0.4, 0.5) is 5.82 Å². The second-order valence-electron chi connectivity index (χ2n) is 5.32. The van der Waals surface area contributed by atoms with Crippen LogP contribution in [0.1, 0.15) is 13.3 Å². The van der Waals surface area contributed by atoms with Gasteiger partial charge in [0, 0.05) is 38.9 Å². The largest absolute Gasteiger partial charge is 0.368 e. The van der Waals surface area contributed by atoms with Crippen LogP contribution in [-0.4, -0.2) is 61.1 Å². The molecule has 1 amide bonds. The summed E-state index contributed by atoms with van der Waals surface area (Å²) < 4.78 is 0. The second-order valence-corrected chi connectivity index (χ2v) is 5.32. The lowest BCUT2D eigenvalue weighted by Gasteiger charge is -2.35. The minimum Gasteiger partial charge on any atom is -0.368 e. The molecule has 3 N–H and O–H groups in total. The summed E-state index contributed by atoms with van der Waals surface area (Å²) in [4.78, 5) is 20.4. The summed E-state index contributed by atoms with van der Waals surface area (Å²) in [6.07, 6.45) is 2.60. The Morgan fingerprint density at radius 1 is 1.38 bits per heavy atom. The number of pyridine rings is 1. The smallest absolute Gasteiger partial charge is 0.234 e. The van der Waals surface area contributed by atoms with Gasteiger partial charge in [-0.25, -0.2) is 4.98 Å². The molecule has 2 heterocycles. The zero-order chi connectivity index (χ0) is 15.1. The molecule has 1 fully saturated rings. The first-order valence-corrected chi connectivity index (χ1v) is 7.61. The van der Waals surface area contributed by atoms with Crippen LogP contribution in [0.15, 0.2) is 24.4 Å². The summed E-state index contributed by atoms with van der Waals surface area (Å²) in [7, 11) is 0. The average molecular weight is 291 g/mol. The van der Waals surface area contributed by atoms with Gasteiger partial charge in [-0.1, -0.05) is 13.0 Å². The van der Waals surface area contributed by atoms with E-state index in [9.17, 15) is 4.79 Å². The molecule has 1 aliphatic rings. The number of carbonyl (C=O) groups is 1. The van der Waals surface area contributed by atoms with Crippen molar-refractivity contribution in [2.24, 2.45) is 5.73 Å². The highest BCUT2D eigenvalue weighted by atomic mass is 16.1. The Labute approximate surface area is 126 Å². The van der Waals surface area contributed by atoms with Gasteiger partial charge < -0.3 is 16.0 Å². The van der Waals surface area contributed by atoms with E-state index in [4.69, 9.17) is 5.73 Å². The number of nitrogens with one attached hydrogen (secondary N) is 1. The first kappa shape index (κ1) is 15.7.